The Labute approximate surface area is 120 Å². The molecule has 94 valence electrons. The lowest BCUT2D eigenvalue weighted by Crippen LogP contribution is -2.13. The minimum atomic E-state index is -0.209. The van der Waals surface area contributed by atoms with Crippen molar-refractivity contribution in [2.45, 2.75) is 6.04 Å². The second-order valence-electron chi connectivity index (χ2n) is 4.45. The highest BCUT2D eigenvalue weighted by molar-refractivity contribution is 9.10. The predicted molar refractivity (Wildman–Crippen MR) is 81.9 cm³/mol. The summed E-state index contributed by atoms with van der Waals surface area (Å²) in [5.41, 5.74) is 8.33. The molecule has 0 aliphatic carbocycles. The molecule has 0 saturated heterocycles. The van der Waals surface area contributed by atoms with Crippen molar-refractivity contribution in [2.24, 2.45) is 5.73 Å². The number of pyridine rings is 1. The molecule has 0 amide bonds. The molecule has 0 bridgehead atoms. The Bertz CT molecular complexity index is 702. The van der Waals surface area contributed by atoms with Crippen molar-refractivity contribution >= 4 is 26.7 Å². The fourth-order valence-corrected chi connectivity index (χ4v) is 2.49. The highest BCUT2D eigenvalue weighted by Gasteiger charge is 2.12. The van der Waals surface area contributed by atoms with Crippen LogP contribution in [0.5, 0.6) is 0 Å². The van der Waals surface area contributed by atoms with E-state index in [2.05, 4.69) is 45.2 Å². The van der Waals surface area contributed by atoms with Gasteiger partial charge in [0, 0.05) is 10.7 Å². The van der Waals surface area contributed by atoms with Gasteiger partial charge in [0.2, 0.25) is 0 Å². The SMILES string of the molecule is NC(c1ccc(Br)cn1)c1cccc2ccccc12. The molecule has 1 unspecified atom stereocenters. The second kappa shape index (κ2) is 5.11. The van der Waals surface area contributed by atoms with Crippen LogP contribution in [0.1, 0.15) is 17.3 Å². The third-order valence-electron chi connectivity index (χ3n) is 3.23. The van der Waals surface area contributed by atoms with Crippen LogP contribution >= 0.6 is 15.9 Å². The average molecular weight is 313 g/mol. The van der Waals surface area contributed by atoms with Crippen LogP contribution < -0.4 is 5.73 Å². The van der Waals surface area contributed by atoms with Gasteiger partial charge in [-0.3, -0.25) is 4.98 Å². The standard InChI is InChI=1S/C16H13BrN2/c17-12-8-9-15(19-10-12)16(18)14-7-3-5-11-4-1-2-6-13(11)14/h1-10,16H,18H2. The van der Waals surface area contributed by atoms with E-state index in [4.69, 9.17) is 5.73 Å². The van der Waals surface area contributed by atoms with Crippen LogP contribution in [0.15, 0.2) is 65.3 Å². The molecular weight excluding hydrogens is 300 g/mol. The van der Waals surface area contributed by atoms with E-state index in [1.54, 1.807) is 6.20 Å². The summed E-state index contributed by atoms with van der Waals surface area (Å²) >= 11 is 3.39. The molecule has 0 saturated carbocycles. The summed E-state index contributed by atoms with van der Waals surface area (Å²) in [7, 11) is 0. The average Bonchev–Trinajstić information content (AvgIpc) is 2.47. The van der Waals surface area contributed by atoms with Crippen LogP contribution in [0.25, 0.3) is 10.8 Å². The molecule has 3 heteroatoms. The molecule has 3 aromatic rings. The van der Waals surface area contributed by atoms with Gasteiger partial charge in [0.15, 0.2) is 0 Å². The smallest absolute Gasteiger partial charge is 0.0732 e. The molecule has 0 spiro atoms. The van der Waals surface area contributed by atoms with Gasteiger partial charge in [-0.05, 0) is 44.4 Å². The van der Waals surface area contributed by atoms with Gasteiger partial charge in [0.25, 0.3) is 0 Å². The van der Waals surface area contributed by atoms with Crippen LogP contribution in [0.2, 0.25) is 0 Å². The highest BCUT2D eigenvalue weighted by atomic mass is 79.9. The zero-order valence-electron chi connectivity index (χ0n) is 10.3. The van der Waals surface area contributed by atoms with Gasteiger partial charge in [0.1, 0.15) is 0 Å². The first kappa shape index (κ1) is 12.3. The number of rotatable bonds is 2. The summed E-state index contributed by atoms with van der Waals surface area (Å²) in [6.07, 6.45) is 1.78. The van der Waals surface area contributed by atoms with Crippen molar-refractivity contribution in [3.05, 3.63) is 76.5 Å². The van der Waals surface area contributed by atoms with Crippen LogP contribution in [-0.4, -0.2) is 4.98 Å². The number of hydrogen-bond acceptors (Lipinski definition) is 2. The van der Waals surface area contributed by atoms with Crippen LogP contribution in [-0.2, 0) is 0 Å². The van der Waals surface area contributed by atoms with Gasteiger partial charge in [0.05, 0.1) is 11.7 Å². The second-order valence-corrected chi connectivity index (χ2v) is 5.36. The van der Waals surface area contributed by atoms with E-state index in [-0.39, 0.29) is 6.04 Å². The summed E-state index contributed by atoms with van der Waals surface area (Å²) in [5.74, 6) is 0. The third kappa shape index (κ3) is 2.39. The lowest BCUT2D eigenvalue weighted by molar-refractivity contribution is 0.835. The zero-order valence-corrected chi connectivity index (χ0v) is 11.8. The van der Waals surface area contributed by atoms with Gasteiger partial charge in [-0.15, -0.1) is 0 Å². The Hall–Kier alpha value is -1.71. The summed E-state index contributed by atoms with van der Waals surface area (Å²) < 4.78 is 0.960. The summed E-state index contributed by atoms with van der Waals surface area (Å²) in [6, 6.07) is 18.2. The lowest BCUT2D eigenvalue weighted by atomic mass is 9.97. The fraction of sp³-hybridized carbons (Fsp3) is 0.0625. The molecule has 2 aromatic carbocycles. The molecule has 3 rings (SSSR count). The number of nitrogens with zero attached hydrogens (tertiary/aromatic N) is 1. The highest BCUT2D eigenvalue weighted by Crippen LogP contribution is 2.26. The Morgan fingerprint density at radius 1 is 0.947 bits per heavy atom. The molecule has 2 N–H and O–H groups in total. The molecule has 0 fully saturated rings. The van der Waals surface area contributed by atoms with E-state index in [9.17, 15) is 0 Å². The number of fused-ring (bicyclic) bond motifs is 1. The first-order chi connectivity index (χ1) is 9.25. The molecule has 2 nitrogen and oxygen atoms in total. The Morgan fingerprint density at radius 3 is 2.53 bits per heavy atom. The topological polar surface area (TPSA) is 38.9 Å². The molecule has 0 aliphatic rings. The molecule has 1 atom stereocenters. The molecule has 19 heavy (non-hydrogen) atoms. The molecular formula is C16H13BrN2. The third-order valence-corrected chi connectivity index (χ3v) is 3.70. The first-order valence-corrected chi connectivity index (χ1v) is 6.90. The van der Waals surface area contributed by atoms with E-state index in [0.717, 1.165) is 15.7 Å². The van der Waals surface area contributed by atoms with Crippen molar-refractivity contribution in [3.8, 4) is 0 Å². The van der Waals surface area contributed by atoms with Gasteiger partial charge in [-0.1, -0.05) is 42.5 Å². The lowest BCUT2D eigenvalue weighted by Gasteiger charge is -2.14. The maximum Gasteiger partial charge on any atom is 0.0732 e. The Kier molecular flexibility index (Phi) is 3.32. The summed E-state index contributed by atoms with van der Waals surface area (Å²) in [5, 5.41) is 2.38. The minimum absolute atomic E-state index is 0.209. The monoisotopic (exact) mass is 312 g/mol. The summed E-state index contributed by atoms with van der Waals surface area (Å²) in [6.45, 7) is 0. The van der Waals surface area contributed by atoms with Gasteiger partial charge in [-0.25, -0.2) is 0 Å². The van der Waals surface area contributed by atoms with Crippen LogP contribution in [0.4, 0.5) is 0 Å². The Balaban J connectivity index is 2.11. The first-order valence-electron chi connectivity index (χ1n) is 6.10. The van der Waals surface area contributed by atoms with Crippen LogP contribution in [0.3, 0.4) is 0 Å². The van der Waals surface area contributed by atoms with E-state index >= 15 is 0 Å². The van der Waals surface area contributed by atoms with Gasteiger partial charge < -0.3 is 5.73 Å². The van der Waals surface area contributed by atoms with Crippen molar-refractivity contribution < 1.29 is 0 Å². The van der Waals surface area contributed by atoms with Crippen molar-refractivity contribution in [1.82, 2.24) is 4.98 Å². The van der Waals surface area contributed by atoms with E-state index in [1.165, 1.54) is 10.8 Å². The number of nitrogens with two attached hydrogens (primary N) is 1. The van der Waals surface area contributed by atoms with E-state index in [0.29, 0.717) is 0 Å². The number of hydrogen-bond donors (Lipinski definition) is 1. The van der Waals surface area contributed by atoms with Gasteiger partial charge in [-0.2, -0.15) is 0 Å². The van der Waals surface area contributed by atoms with E-state index < -0.39 is 0 Å². The minimum Gasteiger partial charge on any atom is -0.319 e. The van der Waals surface area contributed by atoms with Gasteiger partial charge >= 0.3 is 0 Å². The Morgan fingerprint density at radius 2 is 1.74 bits per heavy atom. The van der Waals surface area contributed by atoms with Crippen molar-refractivity contribution in [2.75, 3.05) is 0 Å². The maximum atomic E-state index is 6.35. The molecule has 0 radical (unpaired) electrons. The molecule has 1 heterocycles. The van der Waals surface area contributed by atoms with Crippen LogP contribution in [0, 0.1) is 0 Å². The maximum absolute atomic E-state index is 6.35. The quantitative estimate of drug-likeness (QED) is 0.775. The largest absolute Gasteiger partial charge is 0.319 e. The van der Waals surface area contributed by atoms with Crippen molar-refractivity contribution in [1.29, 1.82) is 0 Å². The zero-order chi connectivity index (χ0) is 13.2. The summed E-state index contributed by atoms with van der Waals surface area (Å²) in [4.78, 5) is 4.39. The number of halogens is 1. The number of benzene rings is 2. The normalized spacial score (nSPS) is 12.5. The molecule has 1 aromatic heterocycles. The predicted octanol–water partition coefficient (Wildman–Crippen LogP) is 4.05. The number of aromatic nitrogens is 1. The van der Waals surface area contributed by atoms with E-state index in [1.807, 2.05) is 30.3 Å². The molecule has 0 aliphatic heterocycles. The van der Waals surface area contributed by atoms with Crippen molar-refractivity contribution in [3.63, 3.8) is 0 Å². The fourth-order valence-electron chi connectivity index (χ4n) is 2.25.